The maximum absolute atomic E-state index is 12.3. The van der Waals surface area contributed by atoms with E-state index in [-0.39, 0.29) is 11.7 Å². The molecule has 0 aliphatic carbocycles. The molecule has 1 aliphatic heterocycles. The van der Waals surface area contributed by atoms with Crippen molar-refractivity contribution < 1.29 is 14.3 Å². The van der Waals surface area contributed by atoms with Crippen molar-refractivity contribution in [1.29, 1.82) is 5.26 Å². The summed E-state index contributed by atoms with van der Waals surface area (Å²) in [5, 5.41) is 12.0. The second-order valence-electron chi connectivity index (χ2n) is 5.70. The Morgan fingerprint density at radius 3 is 2.64 bits per heavy atom. The lowest BCUT2D eigenvalue weighted by molar-refractivity contribution is -0.112. The first-order valence-corrected chi connectivity index (χ1v) is 8.19. The summed E-state index contributed by atoms with van der Waals surface area (Å²) in [5.74, 6) is -0.444. The van der Waals surface area contributed by atoms with Crippen LogP contribution >= 0.6 is 0 Å². The normalized spacial score (nSPS) is 14.7. The molecule has 7 heteroatoms. The molecule has 0 unspecified atom stereocenters. The smallest absolute Gasteiger partial charge is 0.409 e. The highest BCUT2D eigenvalue weighted by molar-refractivity contribution is 6.06. The molecule has 2 rings (SSSR count). The number of carbonyl (C=O) groups is 2. The number of anilines is 1. The van der Waals surface area contributed by atoms with Gasteiger partial charge in [-0.05, 0) is 31.5 Å². The number of carbonyl (C=O) groups excluding carboxylic acids is 2. The molecule has 0 aromatic heterocycles. The molecule has 0 radical (unpaired) electrons. The van der Waals surface area contributed by atoms with Gasteiger partial charge in [-0.3, -0.25) is 4.79 Å². The van der Waals surface area contributed by atoms with E-state index in [0.717, 1.165) is 5.56 Å². The number of nitrogens with one attached hydrogen (secondary N) is 1. The minimum atomic E-state index is -0.444. The summed E-state index contributed by atoms with van der Waals surface area (Å²) in [4.78, 5) is 27.4. The van der Waals surface area contributed by atoms with Gasteiger partial charge in [-0.15, -0.1) is 0 Å². The molecular weight excluding hydrogens is 320 g/mol. The van der Waals surface area contributed by atoms with Crippen molar-refractivity contribution in [2.24, 2.45) is 0 Å². The summed E-state index contributed by atoms with van der Waals surface area (Å²) in [6, 6.07) is 9.33. The zero-order valence-corrected chi connectivity index (χ0v) is 14.5. The number of rotatable bonds is 4. The van der Waals surface area contributed by atoms with Gasteiger partial charge in [0.15, 0.2) is 0 Å². The molecule has 1 N–H and O–H groups in total. The van der Waals surface area contributed by atoms with Gasteiger partial charge in [0.1, 0.15) is 11.6 Å². The van der Waals surface area contributed by atoms with Gasteiger partial charge in [0.25, 0.3) is 5.91 Å². The van der Waals surface area contributed by atoms with Crippen molar-refractivity contribution in [3.8, 4) is 6.07 Å². The first-order chi connectivity index (χ1) is 12.0. The Hall–Kier alpha value is -3.01. The second-order valence-corrected chi connectivity index (χ2v) is 5.70. The molecule has 1 fully saturated rings. The number of nitriles is 1. The van der Waals surface area contributed by atoms with Crippen molar-refractivity contribution >= 4 is 17.7 Å². The van der Waals surface area contributed by atoms with E-state index in [4.69, 9.17) is 4.74 Å². The van der Waals surface area contributed by atoms with E-state index in [1.165, 1.54) is 0 Å². The van der Waals surface area contributed by atoms with E-state index in [0.29, 0.717) is 38.5 Å². The van der Waals surface area contributed by atoms with Gasteiger partial charge in [-0.25, -0.2) is 4.79 Å². The first-order valence-electron chi connectivity index (χ1n) is 8.19. The van der Waals surface area contributed by atoms with E-state index in [2.05, 4.69) is 5.32 Å². The number of hydrogen-bond donors (Lipinski definition) is 1. The van der Waals surface area contributed by atoms with Crippen LogP contribution in [0.15, 0.2) is 36.0 Å². The van der Waals surface area contributed by atoms with Crippen LogP contribution in [0, 0.1) is 18.3 Å². The first kappa shape index (κ1) is 18.3. The number of amides is 2. The molecule has 1 aromatic rings. The maximum Gasteiger partial charge on any atom is 0.409 e. The monoisotopic (exact) mass is 342 g/mol. The average molecular weight is 342 g/mol. The molecule has 1 aliphatic rings. The van der Waals surface area contributed by atoms with Crippen LogP contribution in [0.5, 0.6) is 0 Å². The van der Waals surface area contributed by atoms with Crippen molar-refractivity contribution in [3.05, 3.63) is 41.6 Å². The summed E-state index contributed by atoms with van der Waals surface area (Å²) >= 11 is 0. The summed E-state index contributed by atoms with van der Waals surface area (Å²) in [7, 11) is 0. The van der Waals surface area contributed by atoms with E-state index in [1.54, 1.807) is 24.1 Å². The fraction of sp³-hybridized carbons (Fsp3) is 0.389. The third kappa shape index (κ3) is 5.24. The lowest BCUT2D eigenvalue weighted by Gasteiger charge is -2.33. The Morgan fingerprint density at radius 2 is 2.04 bits per heavy atom. The molecule has 2 amide bonds. The van der Waals surface area contributed by atoms with Crippen LogP contribution in [-0.2, 0) is 9.53 Å². The zero-order valence-electron chi connectivity index (χ0n) is 14.5. The minimum Gasteiger partial charge on any atom is -0.450 e. The number of nitrogens with zero attached hydrogens (tertiary/aromatic N) is 3. The van der Waals surface area contributed by atoms with Crippen LogP contribution in [0.3, 0.4) is 0 Å². The predicted octanol–water partition coefficient (Wildman–Crippen LogP) is 2.12. The topological polar surface area (TPSA) is 85.7 Å². The second kappa shape index (κ2) is 8.73. The van der Waals surface area contributed by atoms with Crippen LogP contribution in [0.1, 0.15) is 12.5 Å². The van der Waals surface area contributed by atoms with Gasteiger partial charge < -0.3 is 19.9 Å². The number of hydrogen-bond acceptors (Lipinski definition) is 5. The predicted molar refractivity (Wildman–Crippen MR) is 93.7 cm³/mol. The molecule has 25 heavy (non-hydrogen) atoms. The highest BCUT2D eigenvalue weighted by atomic mass is 16.6. The number of aryl methyl sites for hydroxylation is 1. The Bertz CT molecular complexity index is 701. The standard InChI is InChI=1S/C18H22N4O3/c1-3-25-18(24)22-9-7-21(8-10-22)13-15(12-19)17(23)20-16-6-4-5-14(2)11-16/h4-6,11,13H,3,7-10H2,1-2H3,(H,20,23)/b15-13-. The highest BCUT2D eigenvalue weighted by Gasteiger charge is 2.21. The van der Waals surface area contributed by atoms with Gasteiger partial charge in [0.2, 0.25) is 0 Å². The third-order valence-corrected chi connectivity index (χ3v) is 3.79. The molecule has 0 atom stereocenters. The quantitative estimate of drug-likeness (QED) is 0.669. The maximum atomic E-state index is 12.3. The van der Waals surface area contributed by atoms with Crippen LogP contribution in [0.4, 0.5) is 10.5 Å². The van der Waals surface area contributed by atoms with Gasteiger partial charge in [0.05, 0.1) is 6.61 Å². The van der Waals surface area contributed by atoms with E-state index in [1.807, 2.05) is 36.1 Å². The SMILES string of the molecule is CCOC(=O)N1CCN(/C=C(/C#N)C(=O)Nc2cccc(C)c2)CC1. The summed E-state index contributed by atoms with van der Waals surface area (Å²) in [6.07, 6.45) is 1.22. The van der Waals surface area contributed by atoms with Gasteiger partial charge in [-0.2, -0.15) is 5.26 Å². The van der Waals surface area contributed by atoms with Gasteiger partial charge >= 0.3 is 6.09 Å². The molecule has 0 spiro atoms. The molecule has 0 saturated carbocycles. The number of piperazine rings is 1. The molecule has 132 valence electrons. The van der Waals surface area contributed by atoms with E-state index < -0.39 is 5.91 Å². The van der Waals surface area contributed by atoms with Crippen LogP contribution in [0.2, 0.25) is 0 Å². The van der Waals surface area contributed by atoms with Crippen LogP contribution < -0.4 is 5.32 Å². The fourth-order valence-corrected chi connectivity index (χ4v) is 2.49. The summed E-state index contributed by atoms with van der Waals surface area (Å²) < 4.78 is 4.97. The van der Waals surface area contributed by atoms with Crippen LogP contribution in [0.25, 0.3) is 0 Å². The molecular formula is C18H22N4O3. The lowest BCUT2D eigenvalue weighted by atomic mass is 10.2. The summed E-state index contributed by atoms with van der Waals surface area (Å²) in [6.45, 7) is 6.11. The number of ether oxygens (including phenoxy) is 1. The molecule has 1 aromatic carbocycles. The molecule has 0 bridgehead atoms. The molecule has 7 nitrogen and oxygen atoms in total. The number of benzene rings is 1. The minimum absolute atomic E-state index is 0.0334. The van der Waals surface area contributed by atoms with Crippen LogP contribution in [-0.4, -0.2) is 54.6 Å². The highest BCUT2D eigenvalue weighted by Crippen LogP contribution is 2.12. The third-order valence-electron chi connectivity index (χ3n) is 3.79. The van der Waals surface area contributed by atoms with E-state index >= 15 is 0 Å². The van der Waals surface area contributed by atoms with Gasteiger partial charge in [-0.1, -0.05) is 12.1 Å². The van der Waals surface area contributed by atoms with Crippen molar-refractivity contribution in [1.82, 2.24) is 9.80 Å². The molecule has 1 heterocycles. The van der Waals surface area contributed by atoms with Gasteiger partial charge in [0, 0.05) is 38.1 Å². The molecule has 1 saturated heterocycles. The van der Waals surface area contributed by atoms with Crippen molar-refractivity contribution in [3.63, 3.8) is 0 Å². The summed E-state index contributed by atoms with van der Waals surface area (Å²) in [5.41, 5.74) is 1.71. The Labute approximate surface area is 147 Å². The Balaban J connectivity index is 1.95. The average Bonchev–Trinajstić information content (AvgIpc) is 2.60. The zero-order chi connectivity index (χ0) is 18.2. The lowest BCUT2D eigenvalue weighted by Crippen LogP contribution is -2.47. The van der Waals surface area contributed by atoms with Crippen molar-refractivity contribution in [2.75, 3.05) is 38.1 Å². The van der Waals surface area contributed by atoms with Crippen molar-refractivity contribution in [2.45, 2.75) is 13.8 Å². The van der Waals surface area contributed by atoms with E-state index in [9.17, 15) is 14.9 Å². The largest absolute Gasteiger partial charge is 0.450 e. The Morgan fingerprint density at radius 1 is 1.32 bits per heavy atom. The fourth-order valence-electron chi connectivity index (χ4n) is 2.49. The Kier molecular flexibility index (Phi) is 6.40.